The molecule has 4 nitrogen and oxygen atoms in total. The van der Waals surface area contributed by atoms with E-state index in [9.17, 15) is 4.79 Å². The van der Waals surface area contributed by atoms with Crippen molar-refractivity contribution in [1.82, 2.24) is 14.8 Å². The molecule has 1 atom stereocenters. The van der Waals surface area contributed by atoms with Crippen LogP contribution in [0.2, 0.25) is 0 Å². The third-order valence-corrected chi connectivity index (χ3v) is 7.07. The van der Waals surface area contributed by atoms with Crippen LogP contribution in [-0.4, -0.2) is 22.0 Å². The molecular formula is C21H29N3OS. The minimum absolute atomic E-state index is 0.0644. The first-order valence-corrected chi connectivity index (χ1v) is 10.7. The van der Waals surface area contributed by atoms with Crippen molar-refractivity contribution in [2.75, 3.05) is 6.54 Å². The number of carbonyl (C=O) groups excluding carboxylic acids is 1. The van der Waals surface area contributed by atoms with Crippen LogP contribution in [0.15, 0.2) is 18.3 Å². The lowest BCUT2D eigenvalue weighted by Gasteiger charge is -2.28. The van der Waals surface area contributed by atoms with Crippen LogP contribution in [0.25, 0.3) is 5.00 Å². The Bertz CT molecular complexity index is 804. The molecular weight excluding hydrogens is 342 g/mol. The van der Waals surface area contributed by atoms with Gasteiger partial charge in [0.1, 0.15) is 5.00 Å². The molecule has 2 aliphatic rings. The van der Waals surface area contributed by atoms with Gasteiger partial charge in [-0.05, 0) is 62.6 Å². The molecule has 0 fully saturated rings. The van der Waals surface area contributed by atoms with Crippen molar-refractivity contribution in [2.45, 2.75) is 65.5 Å². The molecule has 1 unspecified atom stereocenters. The highest BCUT2D eigenvalue weighted by molar-refractivity contribution is 7.15. The summed E-state index contributed by atoms with van der Waals surface area (Å²) < 4.78 is 2.32. The summed E-state index contributed by atoms with van der Waals surface area (Å²) in [6.45, 7) is 8.00. The quantitative estimate of drug-likeness (QED) is 0.805. The summed E-state index contributed by atoms with van der Waals surface area (Å²) >= 11 is 1.94. The van der Waals surface area contributed by atoms with E-state index < -0.39 is 0 Å². The van der Waals surface area contributed by atoms with E-state index in [1.807, 2.05) is 16.2 Å². The second-order valence-electron chi connectivity index (χ2n) is 8.02. The van der Waals surface area contributed by atoms with Crippen molar-refractivity contribution < 1.29 is 4.79 Å². The number of aryl methyl sites for hydroxylation is 1. The first-order valence-electron chi connectivity index (χ1n) is 9.91. The summed E-state index contributed by atoms with van der Waals surface area (Å²) in [7, 11) is 0. The smallest absolute Gasteiger partial charge is 0.318 e. The number of amides is 2. The van der Waals surface area contributed by atoms with Gasteiger partial charge in [0.25, 0.3) is 0 Å². The second-order valence-corrected chi connectivity index (χ2v) is 9.10. The Kier molecular flexibility index (Phi) is 4.82. The van der Waals surface area contributed by atoms with Crippen LogP contribution < -0.4 is 5.32 Å². The fraction of sp³-hybridized carbons (Fsp3) is 0.571. The lowest BCUT2D eigenvalue weighted by molar-refractivity contribution is 0.174. The maximum absolute atomic E-state index is 13.0. The van der Waals surface area contributed by atoms with Crippen molar-refractivity contribution in [1.29, 1.82) is 0 Å². The molecule has 1 N–H and O–H groups in total. The van der Waals surface area contributed by atoms with Gasteiger partial charge in [0.15, 0.2) is 0 Å². The van der Waals surface area contributed by atoms with Crippen molar-refractivity contribution in [3.8, 4) is 5.00 Å². The summed E-state index contributed by atoms with van der Waals surface area (Å²) in [5.74, 6) is 0.601. The first-order chi connectivity index (χ1) is 12.6. The van der Waals surface area contributed by atoms with E-state index in [0.717, 1.165) is 25.9 Å². The van der Waals surface area contributed by atoms with E-state index in [2.05, 4.69) is 49.0 Å². The Morgan fingerprint density at radius 1 is 1.31 bits per heavy atom. The molecule has 0 spiro atoms. The van der Waals surface area contributed by atoms with E-state index in [4.69, 9.17) is 0 Å². The van der Waals surface area contributed by atoms with Crippen molar-refractivity contribution in [3.63, 3.8) is 0 Å². The van der Waals surface area contributed by atoms with E-state index in [1.165, 1.54) is 46.0 Å². The Morgan fingerprint density at radius 2 is 2.12 bits per heavy atom. The summed E-state index contributed by atoms with van der Waals surface area (Å²) in [5, 5.41) is 4.48. The summed E-state index contributed by atoms with van der Waals surface area (Å²) in [5.41, 5.74) is 4.11. The van der Waals surface area contributed by atoms with Gasteiger partial charge in [-0.25, -0.2) is 4.79 Å². The number of carbonyl (C=O) groups is 1. The van der Waals surface area contributed by atoms with Gasteiger partial charge in [-0.2, -0.15) is 0 Å². The Labute approximate surface area is 160 Å². The molecule has 0 bridgehead atoms. The van der Waals surface area contributed by atoms with Crippen LogP contribution in [0, 0.1) is 5.92 Å². The molecule has 2 aromatic rings. The monoisotopic (exact) mass is 371 g/mol. The molecule has 2 aromatic heterocycles. The normalized spacial score (nSPS) is 18.9. The van der Waals surface area contributed by atoms with Crippen LogP contribution in [0.5, 0.6) is 0 Å². The van der Waals surface area contributed by atoms with Crippen LogP contribution >= 0.6 is 11.3 Å². The lowest BCUT2D eigenvalue weighted by atomic mass is 9.95. The van der Waals surface area contributed by atoms with Crippen LogP contribution in [-0.2, 0) is 19.4 Å². The van der Waals surface area contributed by atoms with Gasteiger partial charge in [-0.3, -0.25) is 0 Å². The van der Waals surface area contributed by atoms with Gasteiger partial charge in [0, 0.05) is 28.9 Å². The molecule has 0 aromatic carbocycles. The minimum Gasteiger partial charge on any atom is -0.338 e. The van der Waals surface area contributed by atoms with E-state index in [1.54, 1.807) is 0 Å². The number of nitrogens with zero attached hydrogens (tertiary/aromatic N) is 2. The number of nitrogens with one attached hydrogen (secondary N) is 1. The molecule has 0 saturated carbocycles. The molecule has 2 amide bonds. The van der Waals surface area contributed by atoms with Gasteiger partial charge in [-0.15, -0.1) is 11.3 Å². The number of urea groups is 1. The van der Waals surface area contributed by atoms with Gasteiger partial charge < -0.3 is 14.8 Å². The van der Waals surface area contributed by atoms with Crippen LogP contribution in [0.3, 0.4) is 0 Å². The van der Waals surface area contributed by atoms with Crippen molar-refractivity contribution >= 4 is 17.4 Å². The zero-order valence-corrected chi connectivity index (χ0v) is 16.9. The summed E-state index contributed by atoms with van der Waals surface area (Å²) in [6, 6.07) is 4.40. The zero-order valence-electron chi connectivity index (χ0n) is 16.0. The standard InChI is InChI=1S/C21H29N3OS/c1-14(2)10-11-22-21(25)24-13-17-16-7-4-5-9-19(16)26-20(17)23-12-6-8-18(23)15(24)3/h6,8,12,14-15H,4-5,7,9-11,13H2,1-3H3,(H,22,25). The molecule has 140 valence electrons. The average Bonchev–Trinajstić information content (AvgIpc) is 3.21. The number of hydrogen-bond acceptors (Lipinski definition) is 2. The second kappa shape index (κ2) is 7.10. The van der Waals surface area contributed by atoms with Crippen molar-refractivity contribution in [3.05, 3.63) is 40.0 Å². The predicted octanol–water partition coefficient (Wildman–Crippen LogP) is 5.05. The maximum atomic E-state index is 13.0. The molecule has 4 rings (SSSR count). The molecule has 0 saturated heterocycles. The maximum Gasteiger partial charge on any atom is 0.318 e. The Morgan fingerprint density at radius 3 is 2.92 bits per heavy atom. The van der Waals surface area contributed by atoms with E-state index in [-0.39, 0.29) is 12.1 Å². The molecule has 3 heterocycles. The highest BCUT2D eigenvalue weighted by Crippen LogP contribution is 2.42. The summed E-state index contributed by atoms with van der Waals surface area (Å²) in [6.07, 6.45) is 8.09. The fourth-order valence-corrected chi connectivity index (χ4v) is 5.58. The Balaban J connectivity index is 1.68. The van der Waals surface area contributed by atoms with E-state index >= 15 is 0 Å². The van der Waals surface area contributed by atoms with E-state index in [0.29, 0.717) is 5.92 Å². The minimum atomic E-state index is 0.0644. The third kappa shape index (κ3) is 3.07. The van der Waals surface area contributed by atoms with Gasteiger partial charge in [-0.1, -0.05) is 13.8 Å². The average molecular weight is 372 g/mol. The van der Waals surface area contributed by atoms with Crippen molar-refractivity contribution in [2.24, 2.45) is 5.92 Å². The molecule has 1 aliphatic carbocycles. The number of aromatic nitrogens is 1. The zero-order chi connectivity index (χ0) is 18.3. The number of rotatable bonds is 3. The van der Waals surface area contributed by atoms with Gasteiger partial charge >= 0.3 is 6.03 Å². The van der Waals surface area contributed by atoms with Crippen LogP contribution in [0.1, 0.15) is 67.8 Å². The Hall–Kier alpha value is -1.75. The number of thiophene rings is 1. The summed E-state index contributed by atoms with van der Waals surface area (Å²) in [4.78, 5) is 16.5. The largest absolute Gasteiger partial charge is 0.338 e. The number of fused-ring (bicyclic) bond motifs is 5. The highest BCUT2D eigenvalue weighted by atomic mass is 32.1. The molecule has 0 radical (unpaired) electrons. The topological polar surface area (TPSA) is 37.3 Å². The van der Waals surface area contributed by atoms with Gasteiger partial charge in [0.05, 0.1) is 12.6 Å². The fourth-order valence-electron chi connectivity index (χ4n) is 4.18. The number of hydrogen-bond donors (Lipinski definition) is 1. The molecule has 1 aliphatic heterocycles. The molecule has 26 heavy (non-hydrogen) atoms. The first kappa shape index (κ1) is 17.7. The van der Waals surface area contributed by atoms with Gasteiger partial charge in [0.2, 0.25) is 0 Å². The lowest BCUT2D eigenvalue weighted by Crippen LogP contribution is -2.41. The molecule has 5 heteroatoms. The van der Waals surface area contributed by atoms with Crippen LogP contribution in [0.4, 0.5) is 4.79 Å². The SMILES string of the molecule is CC(C)CCNC(=O)N1Cc2c(sc3c2CCCC3)-n2cccc2C1C. The third-order valence-electron chi connectivity index (χ3n) is 5.74. The predicted molar refractivity (Wildman–Crippen MR) is 107 cm³/mol. The highest BCUT2D eigenvalue weighted by Gasteiger charge is 2.32.